The molecule has 1 aromatic heterocycles. The van der Waals surface area contributed by atoms with E-state index in [4.69, 9.17) is 11.6 Å². The molecular formula is C19H21ClN4S. The van der Waals surface area contributed by atoms with Crippen molar-refractivity contribution >= 4 is 29.1 Å². The van der Waals surface area contributed by atoms with Crippen molar-refractivity contribution in [3.8, 4) is 11.4 Å². The van der Waals surface area contributed by atoms with Gasteiger partial charge in [0, 0.05) is 42.7 Å². The maximum absolute atomic E-state index is 6.06. The molecule has 0 aliphatic rings. The predicted molar refractivity (Wildman–Crippen MR) is 106 cm³/mol. The van der Waals surface area contributed by atoms with E-state index in [1.807, 2.05) is 32.3 Å². The van der Waals surface area contributed by atoms with Crippen molar-refractivity contribution in [2.24, 2.45) is 0 Å². The van der Waals surface area contributed by atoms with Gasteiger partial charge >= 0.3 is 0 Å². The Morgan fingerprint density at radius 2 is 1.84 bits per heavy atom. The monoisotopic (exact) mass is 372 g/mol. The second-order valence-corrected chi connectivity index (χ2v) is 7.29. The highest BCUT2D eigenvalue weighted by Crippen LogP contribution is 2.28. The summed E-state index contributed by atoms with van der Waals surface area (Å²) in [5.41, 5.74) is 3.43. The Kier molecular flexibility index (Phi) is 5.66. The summed E-state index contributed by atoms with van der Waals surface area (Å²) in [7, 11) is 4.07. The minimum Gasteiger partial charge on any atom is -0.378 e. The zero-order valence-corrected chi connectivity index (χ0v) is 16.2. The third-order valence-electron chi connectivity index (χ3n) is 3.93. The lowest BCUT2D eigenvalue weighted by atomic mass is 10.2. The summed E-state index contributed by atoms with van der Waals surface area (Å²) in [5, 5.41) is 10.5. The second kappa shape index (κ2) is 7.93. The van der Waals surface area contributed by atoms with Crippen molar-refractivity contribution in [2.75, 3.05) is 19.0 Å². The Bertz CT molecular complexity index is 843. The van der Waals surface area contributed by atoms with E-state index in [0.717, 1.165) is 33.9 Å². The summed E-state index contributed by atoms with van der Waals surface area (Å²) in [6.07, 6.45) is 0. The van der Waals surface area contributed by atoms with Crippen molar-refractivity contribution in [1.29, 1.82) is 0 Å². The van der Waals surface area contributed by atoms with Gasteiger partial charge in [-0.2, -0.15) is 0 Å². The molecule has 0 fully saturated rings. The smallest absolute Gasteiger partial charge is 0.191 e. The average Bonchev–Trinajstić information content (AvgIpc) is 3.03. The first-order valence-electron chi connectivity index (χ1n) is 8.16. The molecule has 25 heavy (non-hydrogen) atoms. The van der Waals surface area contributed by atoms with E-state index in [0.29, 0.717) is 0 Å². The summed E-state index contributed by atoms with van der Waals surface area (Å²) in [5.74, 6) is 1.72. The fourth-order valence-corrected chi connectivity index (χ4v) is 3.74. The third-order valence-corrected chi connectivity index (χ3v) is 5.20. The first-order chi connectivity index (χ1) is 12.1. The van der Waals surface area contributed by atoms with Crippen LogP contribution in [0.2, 0.25) is 5.02 Å². The van der Waals surface area contributed by atoms with E-state index < -0.39 is 0 Å². The molecule has 4 nitrogen and oxygen atoms in total. The average molecular weight is 373 g/mol. The van der Waals surface area contributed by atoms with E-state index in [-0.39, 0.29) is 0 Å². The lowest BCUT2D eigenvalue weighted by molar-refractivity contribution is 0.687. The highest BCUT2D eigenvalue weighted by molar-refractivity contribution is 7.98. The van der Waals surface area contributed by atoms with Crippen LogP contribution in [0.5, 0.6) is 0 Å². The van der Waals surface area contributed by atoms with Crippen LogP contribution >= 0.6 is 23.4 Å². The molecule has 2 aromatic carbocycles. The molecule has 130 valence electrons. The molecule has 3 rings (SSSR count). The van der Waals surface area contributed by atoms with Crippen LogP contribution in [0.25, 0.3) is 11.4 Å². The molecule has 0 aliphatic carbocycles. The lowest BCUT2D eigenvalue weighted by Gasteiger charge is -2.13. The summed E-state index contributed by atoms with van der Waals surface area (Å²) in [6, 6.07) is 16.3. The Balaban J connectivity index is 1.81. The Morgan fingerprint density at radius 3 is 2.48 bits per heavy atom. The van der Waals surface area contributed by atoms with Crippen molar-refractivity contribution in [2.45, 2.75) is 24.4 Å². The van der Waals surface area contributed by atoms with Gasteiger partial charge in [-0.05, 0) is 48.9 Å². The Morgan fingerprint density at radius 1 is 1.08 bits per heavy atom. The maximum atomic E-state index is 6.06. The van der Waals surface area contributed by atoms with Crippen molar-refractivity contribution < 1.29 is 0 Å². The number of hydrogen-bond donors (Lipinski definition) is 0. The number of anilines is 1. The van der Waals surface area contributed by atoms with Crippen LogP contribution in [0.4, 0.5) is 5.69 Å². The molecule has 0 bridgehead atoms. The Labute approximate surface area is 157 Å². The fourth-order valence-electron chi connectivity index (χ4n) is 2.58. The van der Waals surface area contributed by atoms with Gasteiger partial charge in [-0.15, -0.1) is 10.2 Å². The number of thioether (sulfide) groups is 1. The molecule has 0 aliphatic heterocycles. The van der Waals surface area contributed by atoms with Gasteiger partial charge in [0.2, 0.25) is 0 Å². The molecule has 0 atom stereocenters. The highest BCUT2D eigenvalue weighted by Gasteiger charge is 2.13. The van der Waals surface area contributed by atoms with Crippen LogP contribution in [0.1, 0.15) is 12.5 Å². The number of aromatic nitrogens is 3. The topological polar surface area (TPSA) is 34.0 Å². The SMILES string of the molecule is CCn1c(SCc2cccc(Cl)c2)nnc1-c1ccc(N(C)C)cc1. The van der Waals surface area contributed by atoms with E-state index in [9.17, 15) is 0 Å². The first-order valence-corrected chi connectivity index (χ1v) is 9.53. The first kappa shape index (κ1) is 17.8. The van der Waals surface area contributed by atoms with Gasteiger partial charge in [-0.25, -0.2) is 0 Å². The molecule has 1 heterocycles. The van der Waals surface area contributed by atoms with Gasteiger partial charge in [-0.1, -0.05) is 35.5 Å². The van der Waals surface area contributed by atoms with Crippen LogP contribution in [0.3, 0.4) is 0 Å². The van der Waals surface area contributed by atoms with Gasteiger partial charge in [0.1, 0.15) is 0 Å². The van der Waals surface area contributed by atoms with E-state index in [2.05, 4.69) is 56.9 Å². The van der Waals surface area contributed by atoms with Crippen LogP contribution in [-0.4, -0.2) is 28.9 Å². The van der Waals surface area contributed by atoms with E-state index >= 15 is 0 Å². The largest absolute Gasteiger partial charge is 0.378 e. The maximum Gasteiger partial charge on any atom is 0.191 e. The van der Waals surface area contributed by atoms with Crippen LogP contribution < -0.4 is 4.90 Å². The highest BCUT2D eigenvalue weighted by atomic mass is 35.5. The van der Waals surface area contributed by atoms with Gasteiger partial charge < -0.3 is 9.47 Å². The molecule has 6 heteroatoms. The minimum atomic E-state index is 0.761. The molecule has 0 spiro atoms. The fraction of sp³-hybridized carbons (Fsp3) is 0.263. The minimum absolute atomic E-state index is 0.761. The number of halogens is 1. The molecule has 3 aromatic rings. The zero-order valence-electron chi connectivity index (χ0n) is 14.6. The second-order valence-electron chi connectivity index (χ2n) is 5.91. The van der Waals surface area contributed by atoms with Crippen LogP contribution in [0, 0.1) is 0 Å². The Hall–Kier alpha value is -1.98. The number of nitrogens with zero attached hydrogens (tertiary/aromatic N) is 4. The van der Waals surface area contributed by atoms with Crippen LogP contribution in [0.15, 0.2) is 53.7 Å². The summed E-state index contributed by atoms with van der Waals surface area (Å²) >= 11 is 7.74. The summed E-state index contributed by atoms with van der Waals surface area (Å²) in [6.45, 7) is 2.94. The zero-order chi connectivity index (χ0) is 17.8. The van der Waals surface area contributed by atoms with Crippen molar-refractivity contribution in [3.05, 3.63) is 59.1 Å². The van der Waals surface area contributed by atoms with Crippen molar-refractivity contribution in [1.82, 2.24) is 14.8 Å². The van der Waals surface area contributed by atoms with E-state index in [1.54, 1.807) is 11.8 Å². The third kappa shape index (κ3) is 4.17. The van der Waals surface area contributed by atoms with Crippen molar-refractivity contribution in [3.63, 3.8) is 0 Å². The molecule has 0 saturated heterocycles. The predicted octanol–water partition coefficient (Wildman–Crippen LogP) is 4.98. The lowest BCUT2D eigenvalue weighted by Crippen LogP contribution is -2.08. The number of hydrogen-bond acceptors (Lipinski definition) is 4. The van der Waals surface area contributed by atoms with E-state index in [1.165, 1.54) is 11.3 Å². The molecule has 0 radical (unpaired) electrons. The molecule has 0 amide bonds. The number of benzene rings is 2. The quantitative estimate of drug-likeness (QED) is 0.571. The molecular weight excluding hydrogens is 352 g/mol. The normalized spacial score (nSPS) is 10.9. The van der Waals surface area contributed by atoms with Gasteiger partial charge in [-0.3, -0.25) is 0 Å². The molecule has 0 saturated carbocycles. The van der Waals surface area contributed by atoms with Crippen LogP contribution in [-0.2, 0) is 12.3 Å². The molecule has 0 unspecified atom stereocenters. The van der Waals surface area contributed by atoms with Gasteiger partial charge in [0.25, 0.3) is 0 Å². The number of rotatable bonds is 6. The molecule has 0 N–H and O–H groups in total. The van der Waals surface area contributed by atoms with Gasteiger partial charge in [0.05, 0.1) is 0 Å². The van der Waals surface area contributed by atoms with Gasteiger partial charge in [0.15, 0.2) is 11.0 Å². The standard InChI is InChI=1S/C19H21ClN4S/c1-4-24-18(15-8-10-17(11-9-15)23(2)3)21-22-19(24)25-13-14-6-5-7-16(20)12-14/h5-12H,4,13H2,1-3H3. The summed E-state index contributed by atoms with van der Waals surface area (Å²) in [4.78, 5) is 2.08. The summed E-state index contributed by atoms with van der Waals surface area (Å²) < 4.78 is 2.15.